The number of nitrogens with zero attached hydrogens (tertiary/aromatic N) is 1. The summed E-state index contributed by atoms with van der Waals surface area (Å²) < 4.78 is 6.37. The van der Waals surface area contributed by atoms with Gasteiger partial charge in [-0.3, -0.25) is 4.98 Å². The van der Waals surface area contributed by atoms with Crippen molar-refractivity contribution in [1.82, 2.24) is 10.3 Å². The summed E-state index contributed by atoms with van der Waals surface area (Å²) in [5.41, 5.74) is 0. The number of ether oxygens (including phenoxy) is 1. The van der Waals surface area contributed by atoms with E-state index < -0.39 is 0 Å². The number of aromatic nitrogens is 1. The minimum absolute atomic E-state index is 0.362. The van der Waals surface area contributed by atoms with Gasteiger partial charge in [-0.2, -0.15) is 0 Å². The van der Waals surface area contributed by atoms with Crippen LogP contribution in [0.4, 0.5) is 0 Å². The summed E-state index contributed by atoms with van der Waals surface area (Å²) in [7, 11) is 0. The van der Waals surface area contributed by atoms with Crippen LogP contribution in [0, 0.1) is 0 Å². The van der Waals surface area contributed by atoms with E-state index in [4.69, 9.17) is 4.74 Å². The van der Waals surface area contributed by atoms with Crippen molar-refractivity contribution in [2.45, 2.75) is 17.3 Å². The molecule has 80 valence electrons. The van der Waals surface area contributed by atoms with Gasteiger partial charge in [-0.25, -0.2) is 0 Å². The highest BCUT2D eigenvalue weighted by molar-refractivity contribution is 8.01. The van der Waals surface area contributed by atoms with Crippen molar-refractivity contribution < 1.29 is 4.74 Å². The third-order valence-electron chi connectivity index (χ3n) is 3.01. The van der Waals surface area contributed by atoms with E-state index in [0.29, 0.717) is 10.9 Å². The summed E-state index contributed by atoms with van der Waals surface area (Å²) in [5.74, 6) is 2.00. The minimum atomic E-state index is 0.362. The van der Waals surface area contributed by atoms with Crippen LogP contribution in [0.5, 0.6) is 5.75 Å². The molecular formula is C11H14N2OS. The number of hydrogen-bond donors (Lipinski definition) is 1. The summed E-state index contributed by atoms with van der Waals surface area (Å²) in [6, 6.07) is 3.89. The van der Waals surface area contributed by atoms with Crippen LogP contribution in [0.1, 0.15) is 6.42 Å². The maximum Gasteiger partial charge on any atom is 0.138 e. The van der Waals surface area contributed by atoms with E-state index in [1.54, 1.807) is 12.4 Å². The predicted molar refractivity (Wildman–Crippen MR) is 61.3 cm³/mol. The molecule has 3 heterocycles. The van der Waals surface area contributed by atoms with Crippen LogP contribution in [0.25, 0.3) is 0 Å². The molecule has 3 rings (SSSR count). The third kappa shape index (κ3) is 1.84. The lowest BCUT2D eigenvalue weighted by atomic mass is 9.96. The Morgan fingerprint density at radius 1 is 1.53 bits per heavy atom. The van der Waals surface area contributed by atoms with Crippen molar-refractivity contribution in [2.75, 3.05) is 18.8 Å². The molecule has 2 fully saturated rings. The van der Waals surface area contributed by atoms with Crippen molar-refractivity contribution >= 4 is 11.8 Å². The Kier molecular flexibility index (Phi) is 2.33. The number of hydrogen-bond acceptors (Lipinski definition) is 4. The molecule has 0 aromatic carbocycles. The average molecular weight is 222 g/mol. The van der Waals surface area contributed by atoms with Gasteiger partial charge in [0.15, 0.2) is 0 Å². The maximum atomic E-state index is 5.90. The van der Waals surface area contributed by atoms with E-state index >= 15 is 0 Å². The molecule has 15 heavy (non-hydrogen) atoms. The second-order valence-corrected chi connectivity index (χ2v) is 5.72. The zero-order valence-corrected chi connectivity index (χ0v) is 9.30. The van der Waals surface area contributed by atoms with E-state index in [1.165, 1.54) is 6.42 Å². The van der Waals surface area contributed by atoms with Crippen molar-refractivity contribution in [3.8, 4) is 5.75 Å². The molecule has 1 spiro atoms. The fraction of sp³-hybridized carbons (Fsp3) is 0.545. The number of nitrogens with one attached hydrogen (secondary N) is 1. The predicted octanol–water partition coefficient (Wildman–Crippen LogP) is 1.31. The lowest BCUT2D eigenvalue weighted by molar-refractivity contribution is 0.194. The molecule has 1 atom stereocenters. The van der Waals surface area contributed by atoms with E-state index in [1.807, 2.05) is 12.1 Å². The van der Waals surface area contributed by atoms with Gasteiger partial charge in [0.1, 0.15) is 11.9 Å². The molecule has 0 aliphatic carbocycles. The molecule has 2 aliphatic heterocycles. The van der Waals surface area contributed by atoms with Gasteiger partial charge in [0, 0.05) is 36.2 Å². The fourth-order valence-electron chi connectivity index (χ4n) is 2.14. The molecule has 0 bridgehead atoms. The molecule has 1 aromatic heterocycles. The number of rotatable bonds is 2. The van der Waals surface area contributed by atoms with Crippen LogP contribution in [0.3, 0.4) is 0 Å². The molecule has 4 heteroatoms. The first kappa shape index (κ1) is 9.48. The molecule has 0 radical (unpaired) electrons. The highest BCUT2D eigenvalue weighted by Gasteiger charge is 2.45. The van der Waals surface area contributed by atoms with E-state index in [-0.39, 0.29) is 0 Å². The normalized spacial score (nSPS) is 27.6. The molecule has 0 saturated carbocycles. The molecule has 0 unspecified atom stereocenters. The Labute approximate surface area is 93.6 Å². The van der Waals surface area contributed by atoms with Gasteiger partial charge in [0.2, 0.25) is 0 Å². The van der Waals surface area contributed by atoms with E-state index in [2.05, 4.69) is 22.1 Å². The lowest BCUT2D eigenvalue weighted by Crippen LogP contribution is -2.56. The molecular weight excluding hydrogens is 208 g/mol. The Bertz CT molecular complexity index is 340. The largest absolute Gasteiger partial charge is 0.488 e. The Morgan fingerprint density at radius 3 is 3.07 bits per heavy atom. The summed E-state index contributed by atoms with van der Waals surface area (Å²) in [6.07, 6.45) is 5.09. The fourth-order valence-corrected chi connectivity index (χ4v) is 3.58. The lowest BCUT2D eigenvalue weighted by Gasteiger charge is -2.38. The summed E-state index contributed by atoms with van der Waals surface area (Å²) >= 11 is 2.05. The quantitative estimate of drug-likeness (QED) is 0.818. The Balaban J connectivity index is 1.61. The van der Waals surface area contributed by atoms with Crippen molar-refractivity contribution in [2.24, 2.45) is 0 Å². The Morgan fingerprint density at radius 2 is 2.47 bits per heavy atom. The van der Waals surface area contributed by atoms with E-state index in [9.17, 15) is 0 Å². The summed E-state index contributed by atoms with van der Waals surface area (Å²) in [4.78, 5) is 4.05. The monoisotopic (exact) mass is 222 g/mol. The highest BCUT2D eigenvalue weighted by Crippen LogP contribution is 2.42. The van der Waals surface area contributed by atoms with Crippen molar-refractivity contribution in [3.63, 3.8) is 0 Å². The molecule has 2 saturated heterocycles. The SMILES string of the molecule is c1cncc(O[C@H]2CSC3(CNC3)C2)c1. The van der Waals surface area contributed by atoms with E-state index in [0.717, 1.165) is 24.6 Å². The van der Waals surface area contributed by atoms with Crippen LogP contribution < -0.4 is 10.1 Å². The number of thioether (sulfide) groups is 1. The second kappa shape index (κ2) is 3.68. The molecule has 1 N–H and O–H groups in total. The van der Waals surface area contributed by atoms with Crippen LogP contribution >= 0.6 is 11.8 Å². The van der Waals surface area contributed by atoms with Gasteiger partial charge in [-0.1, -0.05) is 0 Å². The van der Waals surface area contributed by atoms with Gasteiger partial charge in [0.25, 0.3) is 0 Å². The number of pyridine rings is 1. The summed E-state index contributed by atoms with van der Waals surface area (Å²) in [6.45, 7) is 2.29. The first-order valence-corrected chi connectivity index (χ1v) is 6.26. The minimum Gasteiger partial charge on any atom is -0.488 e. The first-order valence-electron chi connectivity index (χ1n) is 5.28. The third-order valence-corrected chi connectivity index (χ3v) is 4.61. The summed E-state index contributed by atoms with van der Waals surface area (Å²) in [5, 5.41) is 3.34. The Hall–Kier alpha value is -0.740. The molecule has 0 amide bonds. The van der Waals surface area contributed by atoms with Crippen molar-refractivity contribution in [3.05, 3.63) is 24.5 Å². The van der Waals surface area contributed by atoms with Crippen molar-refractivity contribution in [1.29, 1.82) is 0 Å². The van der Waals surface area contributed by atoms with Gasteiger partial charge >= 0.3 is 0 Å². The standard InChI is InChI=1S/C11H14N2OS/c1-2-9(5-12-3-1)14-10-4-11(15-6-10)7-13-8-11/h1-3,5,10,13H,4,6-8H2/t10-/m1/s1. The molecule has 2 aliphatic rings. The van der Waals surface area contributed by atoms with Crippen LogP contribution in [0.2, 0.25) is 0 Å². The average Bonchev–Trinajstić information content (AvgIpc) is 2.63. The zero-order chi connectivity index (χ0) is 10.1. The zero-order valence-electron chi connectivity index (χ0n) is 8.48. The second-order valence-electron chi connectivity index (χ2n) is 4.23. The molecule has 3 nitrogen and oxygen atoms in total. The smallest absolute Gasteiger partial charge is 0.138 e. The van der Waals surface area contributed by atoms with Gasteiger partial charge in [-0.15, -0.1) is 11.8 Å². The van der Waals surface area contributed by atoms with Gasteiger partial charge < -0.3 is 10.1 Å². The topological polar surface area (TPSA) is 34.1 Å². The van der Waals surface area contributed by atoms with Crippen LogP contribution in [-0.2, 0) is 0 Å². The van der Waals surface area contributed by atoms with Crippen LogP contribution in [-0.4, -0.2) is 34.7 Å². The van der Waals surface area contributed by atoms with Gasteiger partial charge in [-0.05, 0) is 12.1 Å². The van der Waals surface area contributed by atoms with Crippen LogP contribution in [0.15, 0.2) is 24.5 Å². The highest BCUT2D eigenvalue weighted by atomic mass is 32.2. The maximum absolute atomic E-state index is 5.90. The molecule has 1 aromatic rings. The van der Waals surface area contributed by atoms with Gasteiger partial charge in [0.05, 0.1) is 6.20 Å². The first-order chi connectivity index (χ1) is 7.36.